The number of piperidine rings is 1. The van der Waals surface area contributed by atoms with Gasteiger partial charge in [0, 0.05) is 43.1 Å². The molecule has 0 spiro atoms. The van der Waals surface area contributed by atoms with Crippen molar-refractivity contribution in [2.75, 3.05) is 26.2 Å². The van der Waals surface area contributed by atoms with Gasteiger partial charge >= 0.3 is 0 Å². The fraction of sp³-hybridized carbons (Fsp3) is 0.364. The average molecular weight is 381 g/mol. The van der Waals surface area contributed by atoms with Gasteiger partial charge in [0.2, 0.25) is 5.91 Å². The lowest BCUT2D eigenvalue weighted by atomic mass is 9.82. The normalized spacial score (nSPS) is 24.8. The summed E-state index contributed by atoms with van der Waals surface area (Å²) < 4.78 is 13.4. The topological polar surface area (TPSA) is 66.6 Å². The SMILES string of the molecule is NC(=O)CN1CC[C@@H]2[C@H](C1)[C@@H](c1ccc(F)cc1)CN2C(=O)c1ccccc1. The maximum absolute atomic E-state index is 13.4. The van der Waals surface area contributed by atoms with Gasteiger partial charge in [-0.1, -0.05) is 30.3 Å². The maximum Gasteiger partial charge on any atom is 0.254 e. The quantitative estimate of drug-likeness (QED) is 0.883. The number of halogens is 1. The molecule has 4 rings (SSSR count). The van der Waals surface area contributed by atoms with Crippen molar-refractivity contribution in [3.63, 3.8) is 0 Å². The molecule has 2 aromatic rings. The molecular formula is C22H24FN3O2. The van der Waals surface area contributed by atoms with Crippen LogP contribution in [0, 0.1) is 11.7 Å². The smallest absolute Gasteiger partial charge is 0.254 e. The van der Waals surface area contributed by atoms with E-state index < -0.39 is 0 Å². The number of fused-ring (bicyclic) bond motifs is 1. The highest BCUT2D eigenvalue weighted by atomic mass is 19.1. The molecule has 2 N–H and O–H groups in total. The zero-order valence-corrected chi connectivity index (χ0v) is 15.6. The molecule has 0 radical (unpaired) electrons. The van der Waals surface area contributed by atoms with Crippen LogP contribution in [0.2, 0.25) is 0 Å². The minimum Gasteiger partial charge on any atom is -0.369 e. The molecule has 2 heterocycles. The number of hydrogen-bond donors (Lipinski definition) is 1. The molecular weight excluding hydrogens is 357 g/mol. The fourth-order valence-electron chi connectivity index (χ4n) is 4.71. The minimum absolute atomic E-state index is 0.0311. The lowest BCUT2D eigenvalue weighted by Crippen LogP contribution is -2.49. The summed E-state index contributed by atoms with van der Waals surface area (Å²) in [5.41, 5.74) is 7.10. The van der Waals surface area contributed by atoms with Crippen LogP contribution in [-0.4, -0.2) is 53.8 Å². The molecule has 2 aliphatic rings. The van der Waals surface area contributed by atoms with Crippen LogP contribution in [0.25, 0.3) is 0 Å². The Morgan fingerprint density at radius 3 is 2.43 bits per heavy atom. The second-order valence-corrected chi connectivity index (χ2v) is 7.70. The number of carbonyl (C=O) groups excluding carboxylic acids is 2. The second kappa shape index (κ2) is 7.72. The Balaban J connectivity index is 1.63. The van der Waals surface area contributed by atoms with Gasteiger partial charge in [-0.3, -0.25) is 14.5 Å². The summed E-state index contributed by atoms with van der Waals surface area (Å²) in [5, 5.41) is 0. The van der Waals surface area contributed by atoms with E-state index in [4.69, 9.17) is 5.73 Å². The van der Waals surface area contributed by atoms with Gasteiger partial charge in [-0.2, -0.15) is 0 Å². The van der Waals surface area contributed by atoms with Gasteiger partial charge in [0.15, 0.2) is 0 Å². The zero-order valence-electron chi connectivity index (χ0n) is 15.6. The van der Waals surface area contributed by atoms with Gasteiger partial charge in [0.25, 0.3) is 5.91 Å². The Kier molecular flexibility index (Phi) is 5.13. The summed E-state index contributed by atoms with van der Waals surface area (Å²) in [7, 11) is 0. The number of benzene rings is 2. The summed E-state index contributed by atoms with van der Waals surface area (Å²) >= 11 is 0. The first-order valence-corrected chi connectivity index (χ1v) is 9.65. The van der Waals surface area contributed by atoms with Crippen LogP contribution in [0.15, 0.2) is 54.6 Å². The van der Waals surface area contributed by atoms with E-state index >= 15 is 0 Å². The van der Waals surface area contributed by atoms with Crippen molar-refractivity contribution in [2.24, 2.45) is 11.7 Å². The molecule has 3 atom stereocenters. The summed E-state index contributed by atoms with van der Waals surface area (Å²) in [6.07, 6.45) is 0.800. The Morgan fingerprint density at radius 2 is 1.75 bits per heavy atom. The molecule has 0 aromatic heterocycles. The predicted molar refractivity (Wildman–Crippen MR) is 104 cm³/mol. The molecule has 2 amide bonds. The number of rotatable bonds is 4. The molecule has 6 heteroatoms. The molecule has 146 valence electrons. The Labute approximate surface area is 163 Å². The summed E-state index contributed by atoms with van der Waals surface area (Å²) in [4.78, 5) is 28.6. The molecule has 28 heavy (non-hydrogen) atoms. The highest BCUT2D eigenvalue weighted by Crippen LogP contribution is 2.42. The molecule has 0 aliphatic carbocycles. The fourth-order valence-corrected chi connectivity index (χ4v) is 4.71. The van der Waals surface area contributed by atoms with Crippen LogP contribution in [0.5, 0.6) is 0 Å². The third-order valence-corrected chi connectivity index (χ3v) is 5.97. The van der Waals surface area contributed by atoms with E-state index in [0.29, 0.717) is 18.7 Å². The molecule has 2 saturated heterocycles. The molecule has 2 aliphatic heterocycles. The van der Waals surface area contributed by atoms with Gasteiger partial charge in [-0.15, -0.1) is 0 Å². The van der Waals surface area contributed by atoms with Gasteiger partial charge in [0.05, 0.1) is 6.54 Å². The molecule has 0 bridgehead atoms. The van der Waals surface area contributed by atoms with E-state index in [-0.39, 0.29) is 42.1 Å². The van der Waals surface area contributed by atoms with E-state index in [0.717, 1.165) is 18.5 Å². The van der Waals surface area contributed by atoms with Crippen molar-refractivity contribution in [1.82, 2.24) is 9.80 Å². The van der Waals surface area contributed by atoms with Gasteiger partial charge < -0.3 is 10.6 Å². The number of primary amides is 1. The maximum atomic E-state index is 13.4. The number of hydrogen-bond acceptors (Lipinski definition) is 3. The van der Waals surface area contributed by atoms with Crippen molar-refractivity contribution >= 4 is 11.8 Å². The van der Waals surface area contributed by atoms with Crippen LogP contribution in [0.4, 0.5) is 4.39 Å². The standard InChI is InChI=1S/C22H24FN3O2/c23-17-8-6-15(7-9-17)18-13-26(22(28)16-4-2-1-3-5-16)20-10-11-25(12-19(18)20)14-21(24)27/h1-9,18-20H,10-14H2,(H2,24,27)/t18-,19-,20-/m1/s1. The molecule has 0 saturated carbocycles. The largest absolute Gasteiger partial charge is 0.369 e. The Bertz CT molecular complexity index is 856. The highest BCUT2D eigenvalue weighted by Gasteiger charge is 2.47. The van der Waals surface area contributed by atoms with Crippen LogP contribution in [0.3, 0.4) is 0 Å². The average Bonchev–Trinajstić information content (AvgIpc) is 3.07. The van der Waals surface area contributed by atoms with E-state index in [1.165, 1.54) is 12.1 Å². The van der Waals surface area contributed by atoms with Crippen LogP contribution in [0.1, 0.15) is 28.3 Å². The predicted octanol–water partition coefficient (Wildman–Crippen LogP) is 2.24. The van der Waals surface area contributed by atoms with Gasteiger partial charge in [-0.05, 0) is 36.2 Å². The minimum atomic E-state index is -0.341. The first-order valence-electron chi connectivity index (χ1n) is 9.65. The molecule has 2 aromatic carbocycles. The van der Waals surface area contributed by atoms with Crippen molar-refractivity contribution in [1.29, 1.82) is 0 Å². The third-order valence-electron chi connectivity index (χ3n) is 5.97. The van der Waals surface area contributed by atoms with E-state index in [1.807, 2.05) is 35.2 Å². The lowest BCUT2D eigenvalue weighted by Gasteiger charge is -2.38. The van der Waals surface area contributed by atoms with Crippen molar-refractivity contribution in [3.05, 3.63) is 71.5 Å². The summed E-state index contributed by atoms with van der Waals surface area (Å²) in [6, 6.07) is 16.0. The monoisotopic (exact) mass is 381 g/mol. The van der Waals surface area contributed by atoms with Gasteiger partial charge in [-0.25, -0.2) is 4.39 Å². The summed E-state index contributed by atoms with van der Waals surface area (Å²) in [6.45, 7) is 2.26. The van der Waals surface area contributed by atoms with Crippen molar-refractivity contribution in [3.8, 4) is 0 Å². The van der Waals surface area contributed by atoms with Crippen molar-refractivity contribution in [2.45, 2.75) is 18.4 Å². The zero-order chi connectivity index (χ0) is 19.7. The van der Waals surface area contributed by atoms with E-state index in [9.17, 15) is 14.0 Å². The van der Waals surface area contributed by atoms with Crippen LogP contribution in [-0.2, 0) is 4.79 Å². The third kappa shape index (κ3) is 3.64. The number of amides is 2. The lowest BCUT2D eigenvalue weighted by molar-refractivity contribution is -0.119. The number of carbonyl (C=O) groups is 2. The van der Waals surface area contributed by atoms with Crippen LogP contribution < -0.4 is 5.73 Å². The Hall–Kier alpha value is -2.73. The van der Waals surface area contributed by atoms with E-state index in [2.05, 4.69) is 4.90 Å². The Morgan fingerprint density at radius 1 is 1.04 bits per heavy atom. The number of nitrogens with zero attached hydrogens (tertiary/aromatic N) is 2. The molecule has 2 fully saturated rings. The van der Waals surface area contributed by atoms with Crippen molar-refractivity contribution < 1.29 is 14.0 Å². The molecule has 5 nitrogen and oxygen atoms in total. The van der Waals surface area contributed by atoms with Gasteiger partial charge in [0.1, 0.15) is 5.82 Å². The van der Waals surface area contributed by atoms with E-state index in [1.54, 1.807) is 12.1 Å². The summed E-state index contributed by atoms with van der Waals surface area (Å²) in [5.74, 6) is -0.287. The first-order chi connectivity index (χ1) is 13.5. The molecule has 0 unspecified atom stereocenters. The van der Waals surface area contributed by atoms with Crippen LogP contribution >= 0.6 is 0 Å². The first kappa shape index (κ1) is 18.6. The second-order valence-electron chi connectivity index (χ2n) is 7.70. The highest BCUT2D eigenvalue weighted by molar-refractivity contribution is 5.94. The number of nitrogens with two attached hydrogens (primary N) is 1. The number of likely N-dealkylation sites (tertiary alicyclic amines) is 2.